The largest absolute Gasteiger partial charge is 0.347 e. The van der Waals surface area contributed by atoms with Gasteiger partial charge in [0.1, 0.15) is 0 Å². The zero-order valence-electron chi connectivity index (χ0n) is 13.0. The van der Waals surface area contributed by atoms with Crippen LogP contribution in [0.3, 0.4) is 0 Å². The van der Waals surface area contributed by atoms with Crippen LogP contribution >= 0.6 is 0 Å². The maximum absolute atomic E-state index is 12.2. The Hall–Kier alpha value is -1.10. The number of carbonyl (C=O) groups is 2. The van der Waals surface area contributed by atoms with Gasteiger partial charge in [-0.05, 0) is 31.7 Å². The van der Waals surface area contributed by atoms with E-state index >= 15 is 0 Å². The monoisotopic (exact) mass is 271 g/mol. The lowest BCUT2D eigenvalue weighted by Gasteiger charge is -2.25. The molecule has 0 bridgehead atoms. The van der Waals surface area contributed by atoms with Gasteiger partial charge in [0.2, 0.25) is 11.8 Å². The Balaban J connectivity index is 4.45. The van der Waals surface area contributed by atoms with E-state index in [9.17, 15) is 9.59 Å². The van der Waals surface area contributed by atoms with E-state index in [1.165, 1.54) is 4.90 Å². The molecule has 0 spiro atoms. The summed E-state index contributed by atoms with van der Waals surface area (Å²) in [4.78, 5) is 26.9. The smallest absolute Gasteiger partial charge is 0.241 e. The van der Waals surface area contributed by atoms with Crippen LogP contribution in [0.4, 0.5) is 0 Å². The molecule has 19 heavy (non-hydrogen) atoms. The second-order valence-electron chi connectivity index (χ2n) is 5.63. The second kappa shape index (κ2) is 8.91. The van der Waals surface area contributed by atoms with E-state index in [1.807, 2.05) is 6.92 Å². The first-order valence-corrected chi connectivity index (χ1v) is 6.99. The van der Waals surface area contributed by atoms with Crippen molar-refractivity contribution in [2.75, 3.05) is 33.7 Å². The molecule has 1 atom stereocenters. The van der Waals surface area contributed by atoms with Gasteiger partial charge in [-0.15, -0.1) is 0 Å². The maximum Gasteiger partial charge on any atom is 0.241 e. The lowest BCUT2D eigenvalue weighted by Crippen LogP contribution is -2.41. The van der Waals surface area contributed by atoms with Crippen molar-refractivity contribution in [1.82, 2.24) is 9.80 Å². The van der Waals surface area contributed by atoms with Crippen LogP contribution in [0.25, 0.3) is 0 Å². The topological polar surface area (TPSA) is 66.6 Å². The fourth-order valence-corrected chi connectivity index (χ4v) is 1.99. The van der Waals surface area contributed by atoms with Gasteiger partial charge >= 0.3 is 0 Å². The Kier molecular flexibility index (Phi) is 8.39. The second-order valence-corrected chi connectivity index (χ2v) is 5.63. The summed E-state index contributed by atoms with van der Waals surface area (Å²) in [5, 5.41) is 0. The number of rotatable bonds is 8. The van der Waals surface area contributed by atoms with Crippen LogP contribution in [0, 0.1) is 11.8 Å². The molecule has 0 saturated carbocycles. The summed E-state index contributed by atoms with van der Waals surface area (Å²) in [7, 11) is 3.39. The highest BCUT2D eigenvalue weighted by Crippen LogP contribution is 2.15. The minimum atomic E-state index is -0.0524. The Morgan fingerprint density at radius 2 is 1.74 bits per heavy atom. The van der Waals surface area contributed by atoms with Crippen molar-refractivity contribution in [3.05, 3.63) is 0 Å². The van der Waals surface area contributed by atoms with Crippen LogP contribution in [0.5, 0.6) is 0 Å². The highest BCUT2D eigenvalue weighted by atomic mass is 16.2. The number of amides is 2. The van der Waals surface area contributed by atoms with Gasteiger partial charge in [0.25, 0.3) is 0 Å². The summed E-state index contributed by atoms with van der Waals surface area (Å²) in [5.74, 6) is 0.702. The predicted molar refractivity (Wildman–Crippen MR) is 77.6 cm³/mol. The summed E-state index contributed by atoms with van der Waals surface area (Å²) in [6, 6.07) is 0. The Labute approximate surface area is 117 Å². The van der Waals surface area contributed by atoms with E-state index < -0.39 is 0 Å². The van der Waals surface area contributed by atoms with Crippen LogP contribution in [-0.2, 0) is 9.59 Å². The van der Waals surface area contributed by atoms with Gasteiger partial charge in [0.05, 0.1) is 6.54 Å². The van der Waals surface area contributed by atoms with Crippen molar-refractivity contribution >= 4 is 11.8 Å². The molecule has 5 nitrogen and oxygen atoms in total. The Morgan fingerprint density at radius 1 is 1.16 bits per heavy atom. The molecule has 0 aliphatic carbocycles. The molecule has 5 heteroatoms. The van der Waals surface area contributed by atoms with E-state index in [4.69, 9.17) is 5.73 Å². The first kappa shape index (κ1) is 17.9. The zero-order valence-corrected chi connectivity index (χ0v) is 13.0. The molecule has 0 rings (SSSR count). The van der Waals surface area contributed by atoms with Gasteiger partial charge in [0.15, 0.2) is 0 Å². The van der Waals surface area contributed by atoms with Crippen LogP contribution in [0.2, 0.25) is 0 Å². The first-order chi connectivity index (χ1) is 8.81. The van der Waals surface area contributed by atoms with Crippen molar-refractivity contribution in [3.63, 3.8) is 0 Å². The van der Waals surface area contributed by atoms with Crippen molar-refractivity contribution in [1.29, 1.82) is 0 Å². The minimum Gasteiger partial charge on any atom is -0.347 e. The summed E-state index contributed by atoms with van der Waals surface area (Å²) in [6.45, 7) is 7.36. The number of carbonyl (C=O) groups excluding carboxylic acids is 2. The lowest BCUT2D eigenvalue weighted by molar-refractivity contribution is -0.139. The molecule has 0 aromatic carbocycles. The van der Waals surface area contributed by atoms with E-state index in [0.29, 0.717) is 25.4 Å². The van der Waals surface area contributed by atoms with Crippen molar-refractivity contribution in [2.24, 2.45) is 17.6 Å². The summed E-state index contributed by atoms with van der Waals surface area (Å²) < 4.78 is 0. The number of hydrogen-bond donors (Lipinski definition) is 1. The van der Waals surface area contributed by atoms with E-state index in [1.54, 1.807) is 19.0 Å². The van der Waals surface area contributed by atoms with Crippen molar-refractivity contribution in [3.8, 4) is 0 Å². The normalized spacial score (nSPS) is 12.4. The molecule has 0 aliphatic heterocycles. The van der Waals surface area contributed by atoms with Gasteiger partial charge in [-0.1, -0.05) is 13.8 Å². The number of nitrogens with two attached hydrogens (primary N) is 1. The highest BCUT2D eigenvalue weighted by Gasteiger charge is 2.20. The van der Waals surface area contributed by atoms with E-state index in [0.717, 1.165) is 6.42 Å². The molecule has 0 aromatic heterocycles. The molecule has 0 saturated heterocycles. The molecular formula is C14H29N3O2. The summed E-state index contributed by atoms with van der Waals surface area (Å²) in [5.41, 5.74) is 5.71. The molecule has 0 aliphatic rings. The number of likely N-dealkylation sites (N-methyl/N-ethyl adjacent to an activating group) is 2. The minimum absolute atomic E-state index is 0.0220. The molecule has 0 aromatic rings. The van der Waals surface area contributed by atoms with E-state index in [-0.39, 0.29) is 24.3 Å². The third kappa shape index (κ3) is 7.15. The predicted octanol–water partition coefficient (Wildman–Crippen LogP) is 0.934. The number of nitrogens with zero attached hydrogens (tertiary/aromatic N) is 2. The first-order valence-electron chi connectivity index (χ1n) is 6.99. The molecule has 1 unspecified atom stereocenters. The van der Waals surface area contributed by atoms with Crippen LogP contribution in [0.1, 0.15) is 33.6 Å². The standard InChI is InChI=1S/C14H29N3O2/c1-6-17(10-14(19)16(4)5)13(18)8-12(9-15)7-11(2)3/h11-12H,6-10,15H2,1-5H3. The Morgan fingerprint density at radius 3 is 2.11 bits per heavy atom. The van der Waals surface area contributed by atoms with Crippen molar-refractivity contribution < 1.29 is 9.59 Å². The third-order valence-corrected chi connectivity index (χ3v) is 3.16. The van der Waals surface area contributed by atoms with Gasteiger partial charge in [-0.2, -0.15) is 0 Å². The SMILES string of the molecule is CCN(CC(=O)N(C)C)C(=O)CC(CN)CC(C)C. The highest BCUT2D eigenvalue weighted by molar-refractivity contribution is 5.84. The fourth-order valence-electron chi connectivity index (χ4n) is 1.99. The van der Waals surface area contributed by atoms with E-state index in [2.05, 4.69) is 13.8 Å². The number of hydrogen-bond acceptors (Lipinski definition) is 3. The van der Waals surface area contributed by atoms with Gasteiger partial charge in [-0.25, -0.2) is 0 Å². The van der Waals surface area contributed by atoms with Crippen LogP contribution < -0.4 is 5.73 Å². The lowest BCUT2D eigenvalue weighted by atomic mass is 9.94. The molecule has 0 fully saturated rings. The molecule has 0 heterocycles. The van der Waals surface area contributed by atoms with Gasteiger partial charge in [-0.3, -0.25) is 9.59 Å². The van der Waals surface area contributed by atoms with Crippen LogP contribution in [0.15, 0.2) is 0 Å². The summed E-state index contributed by atoms with van der Waals surface area (Å²) >= 11 is 0. The van der Waals surface area contributed by atoms with Crippen molar-refractivity contribution in [2.45, 2.75) is 33.6 Å². The zero-order chi connectivity index (χ0) is 15.0. The van der Waals surface area contributed by atoms with Gasteiger partial charge in [0, 0.05) is 27.1 Å². The quantitative estimate of drug-likeness (QED) is 0.714. The van der Waals surface area contributed by atoms with Gasteiger partial charge < -0.3 is 15.5 Å². The maximum atomic E-state index is 12.2. The molecule has 112 valence electrons. The third-order valence-electron chi connectivity index (χ3n) is 3.16. The van der Waals surface area contributed by atoms with Crippen LogP contribution in [-0.4, -0.2) is 55.3 Å². The average molecular weight is 271 g/mol. The fraction of sp³-hybridized carbons (Fsp3) is 0.857. The molecule has 2 N–H and O–H groups in total. The molecule has 0 radical (unpaired) electrons. The molecular weight excluding hydrogens is 242 g/mol. The summed E-state index contributed by atoms with van der Waals surface area (Å²) in [6.07, 6.45) is 1.38. The molecule has 2 amide bonds. The average Bonchev–Trinajstić information content (AvgIpc) is 2.33. The Bertz CT molecular complexity index is 290.